The smallest absolute Gasteiger partial charge is 0.268 e. The van der Waals surface area contributed by atoms with Gasteiger partial charge in [0, 0.05) is 52.2 Å². The van der Waals surface area contributed by atoms with Crippen molar-refractivity contribution in [3.63, 3.8) is 0 Å². The number of carbonyl (C=O) groups excluding carboxylic acids is 2. The van der Waals surface area contributed by atoms with Gasteiger partial charge in [0.25, 0.3) is 5.91 Å². The third kappa shape index (κ3) is 5.84. The van der Waals surface area contributed by atoms with Gasteiger partial charge in [-0.05, 0) is 30.3 Å². The van der Waals surface area contributed by atoms with Crippen molar-refractivity contribution in [3.8, 4) is 5.88 Å². The minimum Gasteiger partial charge on any atom is -0.455 e. The van der Waals surface area contributed by atoms with Crippen molar-refractivity contribution < 1.29 is 14.3 Å². The van der Waals surface area contributed by atoms with Gasteiger partial charge in [-0.15, -0.1) is 0 Å². The van der Waals surface area contributed by atoms with Crippen molar-refractivity contribution in [1.29, 1.82) is 0 Å². The number of benzene rings is 2. The predicted molar refractivity (Wildman–Crippen MR) is 153 cm³/mol. The van der Waals surface area contributed by atoms with Gasteiger partial charge in [-0.25, -0.2) is 4.98 Å². The number of ether oxygens (including phenoxy) is 1. The molecule has 1 fully saturated rings. The second-order valence-electron chi connectivity index (χ2n) is 9.33. The summed E-state index contributed by atoms with van der Waals surface area (Å²) in [4.78, 5) is 41.1. The van der Waals surface area contributed by atoms with Crippen LogP contribution in [0.3, 0.4) is 0 Å². The van der Waals surface area contributed by atoms with Crippen LogP contribution in [-0.2, 0) is 4.79 Å². The first kappa shape index (κ1) is 27.3. The average Bonchev–Trinajstić information content (AvgIpc) is 2.90. The van der Waals surface area contributed by atoms with E-state index in [0.29, 0.717) is 33.0 Å². The van der Waals surface area contributed by atoms with E-state index in [9.17, 15) is 9.59 Å². The largest absolute Gasteiger partial charge is 0.455 e. The summed E-state index contributed by atoms with van der Waals surface area (Å²) < 4.78 is 5.75. The number of hydrogen-bond acceptors (Lipinski definition) is 8. The van der Waals surface area contributed by atoms with Crippen molar-refractivity contribution in [2.24, 2.45) is 0 Å². The summed E-state index contributed by atoms with van der Waals surface area (Å²) in [6.45, 7) is 3.41. The van der Waals surface area contributed by atoms with E-state index < -0.39 is 0 Å². The molecule has 0 radical (unpaired) electrons. The third-order valence-corrected chi connectivity index (χ3v) is 7.45. The van der Waals surface area contributed by atoms with Crippen LogP contribution in [0.1, 0.15) is 10.4 Å². The van der Waals surface area contributed by atoms with E-state index in [4.69, 9.17) is 39.5 Å². The van der Waals surface area contributed by atoms with Gasteiger partial charge in [0.2, 0.25) is 17.7 Å². The zero-order valence-electron chi connectivity index (χ0n) is 21.3. The fourth-order valence-corrected chi connectivity index (χ4v) is 5.28. The Kier molecular flexibility index (Phi) is 7.99. The highest BCUT2D eigenvalue weighted by Gasteiger charge is 2.31. The summed E-state index contributed by atoms with van der Waals surface area (Å²) in [5.74, 6) is 0.147. The fourth-order valence-electron chi connectivity index (χ4n) is 4.38. The number of piperazine rings is 1. The number of nitrogens with one attached hydrogen (secondary N) is 1. The molecule has 1 aromatic heterocycles. The number of likely N-dealkylation sites (N-methyl/N-ethyl adjacent to an activating group) is 1. The fraction of sp³-hybridized carbons (Fsp3) is 0.308. The molecule has 3 aromatic rings. The van der Waals surface area contributed by atoms with E-state index in [1.54, 1.807) is 43.3 Å². The Labute approximate surface area is 241 Å². The molecular formula is C26H26Cl3N7O3. The van der Waals surface area contributed by atoms with Crippen LogP contribution < -0.4 is 19.9 Å². The number of fused-ring (bicyclic) bond motifs is 1. The molecule has 5 rings (SSSR count). The van der Waals surface area contributed by atoms with Gasteiger partial charge >= 0.3 is 0 Å². The lowest BCUT2D eigenvalue weighted by atomic mass is 10.2. The van der Waals surface area contributed by atoms with Crippen molar-refractivity contribution in [2.45, 2.75) is 0 Å². The SMILES string of the molecule is CN(C)C(=O)CN1CCN(c2ccc(Nc3ncc4c(n3)OCN(c3c(Cl)cccc3Cl)C4=O)cc2Cl)CC1. The highest BCUT2D eigenvalue weighted by Crippen LogP contribution is 2.37. The van der Waals surface area contributed by atoms with Gasteiger partial charge in [-0.2, -0.15) is 4.98 Å². The Bertz CT molecular complexity index is 1390. The van der Waals surface area contributed by atoms with Crippen LogP contribution in [0.15, 0.2) is 42.6 Å². The number of rotatable bonds is 6. The van der Waals surface area contributed by atoms with E-state index >= 15 is 0 Å². The molecule has 1 N–H and O–H groups in total. The predicted octanol–water partition coefficient (Wildman–Crippen LogP) is 4.39. The maximum absolute atomic E-state index is 13.1. The van der Waals surface area contributed by atoms with Gasteiger partial charge in [-0.3, -0.25) is 19.4 Å². The van der Waals surface area contributed by atoms with E-state index in [1.807, 2.05) is 12.1 Å². The first-order valence-electron chi connectivity index (χ1n) is 12.2. The Morgan fingerprint density at radius 1 is 1.05 bits per heavy atom. The number of anilines is 4. The van der Waals surface area contributed by atoms with Crippen LogP contribution in [0.4, 0.5) is 23.0 Å². The molecule has 1 saturated heterocycles. The average molecular weight is 591 g/mol. The van der Waals surface area contributed by atoms with Crippen molar-refractivity contribution in [1.82, 2.24) is 19.8 Å². The summed E-state index contributed by atoms with van der Waals surface area (Å²) in [5.41, 5.74) is 2.17. The van der Waals surface area contributed by atoms with Crippen LogP contribution in [0.25, 0.3) is 0 Å². The number of para-hydroxylation sites is 1. The highest BCUT2D eigenvalue weighted by atomic mass is 35.5. The molecular weight excluding hydrogens is 565 g/mol. The van der Waals surface area contributed by atoms with Crippen LogP contribution >= 0.6 is 34.8 Å². The lowest BCUT2D eigenvalue weighted by Gasteiger charge is -2.36. The minimum absolute atomic E-state index is 0.0944. The number of nitrogens with zero attached hydrogens (tertiary/aromatic N) is 6. The number of hydrogen-bond donors (Lipinski definition) is 1. The Balaban J connectivity index is 1.24. The Morgan fingerprint density at radius 3 is 2.44 bits per heavy atom. The Morgan fingerprint density at radius 2 is 1.77 bits per heavy atom. The third-order valence-electron chi connectivity index (χ3n) is 6.54. The first-order valence-corrected chi connectivity index (χ1v) is 13.3. The van der Waals surface area contributed by atoms with Crippen molar-refractivity contribution in [3.05, 3.63) is 63.2 Å². The van der Waals surface area contributed by atoms with Crippen LogP contribution in [0.2, 0.25) is 15.1 Å². The van der Waals surface area contributed by atoms with E-state index in [2.05, 4.69) is 25.1 Å². The summed E-state index contributed by atoms with van der Waals surface area (Å²) in [6, 6.07) is 10.6. The molecule has 3 heterocycles. The normalized spacial score (nSPS) is 15.6. The quantitative estimate of drug-likeness (QED) is 0.452. The molecule has 0 aliphatic carbocycles. The number of halogens is 3. The van der Waals surface area contributed by atoms with Gasteiger partial charge in [0.1, 0.15) is 5.56 Å². The molecule has 2 aliphatic rings. The maximum Gasteiger partial charge on any atom is 0.268 e. The molecule has 2 aliphatic heterocycles. The van der Waals surface area contributed by atoms with E-state index in [1.165, 1.54) is 11.1 Å². The van der Waals surface area contributed by atoms with Gasteiger partial charge in [0.15, 0.2) is 6.73 Å². The first-order chi connectivity index (χ1) is 18.7. The monoisotopic (exact) mass is 589 g/mol. The van der Waals surface area contributed by atoms with Crippen LogP contribution in [-0.4, -0.2) is 85.1 Å². The molecule has 2 aromatic carbocycles. The van der Waals surface area contributed by atoms with E-state index in [-0.39, 0.29) is 35.9 Å². The topological polar surface area (TPSA) is 94.1 Å². The molecule has 204 valence electrons. The van der Waals surface area contributed by atoms with Gasteiger partial charge < -0.3 is 19.9 Å². The maximum atomic E-state index is 13.1. The van der Waals surface area contributed by atoms with Gasteiger partial charge in [-0.1, -0.05) is 40.9 Å². The molecule has 13 heteroatoms. The zero-order valence-corrected chi connectivity index (χ0v) is 23.6. The van der Waals surface area contributed by atoms with Crippen LogP contribution in [0, 0.1) is 0 Å². The summed E-state index contributed by atoms with van der Waals surface area (Å²) >= 11 is 19.2. The molecule has 2 amide bonds. The van der Waals surface area contributed by atoms with Gasteiger partial charge in [0.05, 0.1) is 33.0 Å². The molecule has 0 spiro atoms. The Hall–Kier alpha value is -3.31. The molecule has 0 atom stereocenters. The molecule has 0 saturated carbocycles. The lowest BCUT2D eigenvalue weighted by molar-refractivity contribution is -0.129. The summed E-state index contributed by atoms with van der Waals surface area (Å²) in [6.07, 6.45) is 1.40. The lowest BCUT2D eigenvalue weighted by Crippen LogP contribution is -2.49. The van der Waals surface area contributed by atoms with Crippen molar-refractivity contribution >= 4 is 69.6 Å². The standard InChI is InChI=1S/C26H26Cl3N7O3/c1-33(2)22(37)14-34-8-10-35(11-9-34)21-7-6-16(12-20(21)29)31-26-30-13-17-24(32-26)39-15-36(25(17)38)23-18(27)4-3-5-19(23)28/h3-7,12-13H,8-11,14-15H2,1-2H3,(H,30,31,32). The van der Waals surface area contributed by atoms with E-state index in [0.717, 1.165) is 31.9 Å². The zero-order chi connectivity index (χ0) is 27.7. The molecule has 0 bridgehead atoms. The second kappa shape index (κ2) is 11.4. The molecule has 10 nitrogen and oxygen atoms in total. The molecule has 0 unspecified atom stereocenters. The summed E-state index contributed by atoms with van der Waals surface area (Å²) in [7, 11) is 3.53. The number of carbonyl (C=O) groups is 2. The van der Waals surface area contributed by atoms with Crippen molar-refractivity contribution in [2.75, 3.05) is 68.7 Å². The number of aromatic nitrogens is 2. The summed E-state index contributed by atoms with van der Waals surface area (Å²) in [5, 5.41) is 4.37. The number of amides is 2. The van der Waals surface area contributed by atoms with Crippen LogP contribution in [0.5, 0.6) is 5.88 Å². The minimum atomic E-state index is -0.364. The second-order valence-corrected chi connectivity index (χ2v) is 10.6. The molecule has 39 heavy (non-hydrogen) atoms. The highest BCUT2D eigenvalue weighted by molar-refractivity contribution is 6.40.